The van der Waals surface area contributed by atoms with E-state index in [9.17, 15) is 13.6 Å². The molecule has 0 radical (unpaired) electrons. The lowest BCUT2D eigenvalue weighted by Crippen LogP contribution is -2.01. The van der Waals surface area contributed by atoms with Crippen molar-refractivity contribution in [3.8, 4) is 0 Å². The fraction of sp³-hybridized carbons (Fsp3) is 0.0909. The molecule has 0 bridgehead atoms. The lowest BCUT2D eigenvalue weighted by molar-refractivity contribution is 0.0697. The number of aromatic carboxylic acids is 1. The smallest absolute Gasteiger partial charge is 0.340 e. The SMILES string of the molecule is Cc1nsc(Nc2ccc(F)c(F)c2)c1C(=O)O. The highest BCUT2D eigenvalue weighted by atomic mass is 32.1. The summed E-state index contributed by atoms with van der Waals surface area (Å²) in [6, 6.07) is 3.24. The first-order chi connectivity index (χ1) is 8.49. The van der Waals surface area contributed by atoms with E-state index in [1.165, 1.54) is 6.07 Å². The van der Waals surface area contributed by atoms with Gasteiger partial charge in [0.25, 0.3) is 0 Å². The Morgan fingerprint density at radius 1 is 1.39 bits per heavy atom. The van der Waals surface area contributed by atoms with E-state index >= 15 is 0 Å². The number of hydrogen-bond donors (Lipinski definition) is 2. The minimum Gasteiger partial charge on any atom is -0.478 e. The normalized spacial score (nSPS) is 10.4. The third kappa shape index (κ3) is 2.30. The van der Waals surface area contributed by atoms with Gasteiger partial charge in [0.05, 0.1) is 5.69 Å². The van der Waals surface area contributed by atoms with Gasteiger partial charge in [0.2, 0.25) is 0 Å². The Hall–Kier alpha value is -2.02. The summed E-state index contributed by atoms with van der Waals surface area (Å²) in [6.45, 7) is 1.57. The van der Waals surface area contributed by atoms with Gasteiger partial charge in [-0.2, -0.15) is 4.37 Å². The van der Waals surface area contributed by atoms with Crippen molar-refractivity contribution >= 4 is 28.2 Å². The van der Waals surface area contributed by atoms with Crippen LogP contribution >= 0.6 is 11.5 Å². The molecule has 1 heterocycles. The van der Waals surface area contributed by atoms with Gasteiger partial charge in [-0.05, 0) is 30.6 Å². The van der Waals surface area contributed by atoms with Crippen LogP contribution in [0.2, 0.25) is 0 Å². The molecule has 2 rings (SSSR count). The molecular weight excluding hydrogens is 262 g/mol. The maximum absolute atomic E-state index is 13.0. The molecule has 4 nitrogen and oxygen atoms in total. The van der Waals surface area contributed by atoms with E-state index in [-0.39, 0.29) is 16.3 Å². The highest BCUT2D eigenvalue weighted by molar-refractivity contribution is 7.10. The molecule has 0 unspecified atom stereocenters. The second-order valence-corrected chi connectivity index (χ2v) is 4.30. The molecule has 0 fully saturated rings. The van der Waals surface area contributed by atoms with Crippen LogP contribution in [0.25, 0.3) is 0 Å². The molecule has 0 aliphatic carbocycles. The second kappa shape index (κ2) is 4.69. The number of hydrogen-bond acceptors (Lipinski definition) is 4. The maximum atomic E-state index is 13.0. The first kappa shape index (κ1) is 12.4. The molecular formula is C11H8F2N2O2S. The molecule has 0 amide bonds. The Kier molecular flexibility index (Phi) is 3.24. The van der Waals surface area contributed by atoms with E-state index in [0.717, 1.165) is 23.7 Å². The van der Waals surface area contributed by atoms with E-state index in [1.54, 1.807) is 6.92 Å². The van der Waals surface area contributed by atoms with Crippen LogP contribution in [0.5, 0.6) is 0 Å². The Morgan fingerprint density at radius 2 is 2.11 bits per heavy atom. The number of carboxylic acid groups (broad SMARTS) is 1. The second-order valence-electron chi connectivity index (χ2n) is 3.53. The van der Waals surface area contributed by atoms with Crippen LogP contribution in [-0.2, 0) is 0 Å². The third-order valence-corrected chi connectivity index (χ3v) is 3.11. The summed E-state index contributed by atoms with van der Waals surface area (Å²) in [6.07, 6.45) is 0. The minimum absolute atomic E-state index is 0.0322. The molecule has 0 saturated heterocycles. The number of aryl methyl sites for hydroxylation is 1. The first-order valence-electron chi connectivity index (χ1n) is 4.90. The van der Waals surface area contributed by atoms with Crippen LogP contribution in [0.1, 0.15) is 16.1 Å². The van der Waals surface area contributed by atoms with Gasteiger partial charge in [0, 0.05) is 11.8 Å². The minimum atomic E-state index is -1.12. The van der Waals surface area contributed by atoms with Crippen molar-refractivity contribution in [3.05, 3.63) is 41.1 Å². The van der Waals surface area contributed by atoms with Crippen LogP contribution < -0.4 is 5.32 Å². The predicted molar refractivity (Wildman–Crippen MR) is 63.5 cm³/mol. The summed E-state index contributed by atoms with van der Waals surface area (Å²) in [5.74, 6) is -3.08. The summed E-state index contributed by atoms with van der Waals surface area (Å²) in [5, 5.41) is 12.0. The molecule has 1 aromatic heterocycles. The van der Waals surface area contributed by atoms with Gasteiger partial charge in [-0.1, -0.05) is 0 Å². The molecule has 0 aliphatic rings. The summed E-state index contributed by atoms with van der Waals surface area (Å²) >= 11 is 0.951. The Bertz CT molecular complexity index is 613. The lowest BCUT2D eigenvalue weighted by atomic mass is 10.2. The number of rotatable bonds is 3. The van der Waals surface area contributed by atoms with Crippen molar-refractivity contribution in [1.29, 1.82) is 0 Å². The summed E-state index contributed by atoms with van der Waals surface area (Å²) < 4.78 is 29.6. The summed E-state index contributed by atoms with van der Waals surface area (Å²) in [7, 11) is 0. The zero-order chi connectivity index (χ0) is 13.3. The molecule has 94 valence electrons. The number of benzene rings is 1. The fourth-order valence-corrected chi connectivity index (χ4v) is 2.22. The molecule has 2 aromatic rings. The molecule has 0 atom stereocenters. The fourth-order valence-electron chi connectivity index (χ4n) is 1.41. The number of halogens is 2. The Morgan fingerprint density at radius 3 is 2.72 bits per heavy atom. The number of anilines is 2. The quantitative estimate of drug-likeness (QED) is 0.899. The zero-order valence-corrected chi connectivity index (χ0v) is 10.0. The first-order valence-corrected chi connectivity index (χ1v) is 5.68. The Labute approximate surface area is 105 Å². The van der Waals surface area contributed by atoms with Crippen LogP contribution in [0, 0.1) is 18.6 Å². The highest BCUT2D eigenvalue weighted by Gasteiger charge is 2.17. The lowest BCUT2D eigenvalue weighted by Gasteiger charge is -2.05. The van der Waals surface area contributed by atoms with Gasteiger partial charge in [-0.25, -0.2) is 13.6 Å². The standard InChI is InChI=1S/C11H8F2N2O2S/c1-5-9(11(16)17)10(18-15-5)14-6-2-3-7(12)8(13)4-6/h2-4,14H,1H3,(H,16,17). The number of nitrogens with zero attached hydrogens (tertiary/aromatic N) is 1. The molecule has 7 heteroatoms. The van der Waals surface area contributed by atoms with E-state index < -0.39 is 17.6 Å². The third-order valence-electron chi connectivity index (χ3n) is 2.25. The van der Waals surface area contributed by atoms with Crippen molar-refractivity contribution in [2.45, 2.75) is 6.92 Å². The topological polar surface area (TPSA) is 62.2 Å². The number of nitrogens with one attached hydrogen (secondary N) is 1. The molecule has 0 spiro atoms. The molecule has 1 aromatic carbocycles. The van der Waals surface area contributed by atoms with E-state index in [0.29, 0.717) is 5.69 Å². The van der Waals surface area contributed by atoms with E-state index in [4.69, 9.17) is 5.11 Å². The molecule has 2 N–H and O–H groups in total. The van der Waals surface area contributed by atoms with Crippen molar-refractivity contribution < 1.29 is 18.7 Å². The van der Waals surface area contributed by atoms with Crippen molar-refractivity contribution in [1.82, 2.24) is 4.37 Å². The molecule has 0 saturated carbocycles. The average molecular weight is 270 g/mol. The number of carbonyl (C=O) groups is 1. The Balaban J connectivity index is 2.34. The molecule has 0 aliphatic heterocycles. The average Bonchev–Trinajstić information content (AvgIpc) is 2.65. The van der Waals surface area contributed by atoms with E-state index in [2.05, 4.69) is 9.69 Å². The highest BCUT2D eigenvalue weighted by Crippen LogP contribution is 2.28. The maximum Gasteiger partial charge on any atom is 0.340 e. The van der Waals surface area contributed by atoms with Gasteiger partial charge in [0.15, 0.2) is 11.6 Å². The van der Waals surface area contributed by atoms with Crippen LogP contribution in [0.3, 0.4) is 0 Å². The molecule has 18 heavy (non-hydrogen) atoms. The van der Waals surface area contributed by atoms with Gasteiger partial charge in [0.1, 0.15) is 10.6 Å². The number of carboxylic acids is 1. The largest absolute Gasteiger partial charge is 0.478 e. The summed E-state index contributed by atoms with van der Waals surface area (Å²) in [5.41, 5.74) is 0.669. The van der Waals surface area contributed by atoms with Crippen molar-refractivity contribution in [2.75, 3.05) is 5.32 Å². The van der Waals surface area contributed by atoms with Crippen LogP contribution in [0.15, 0.2) is 18.2 Å². The monoisotopic (exact) mass is 270 g/mol. The predicted octanol–water partition coefficient (Wildman–Crippen LogP) is 3.17. The van der Waals surface area contributed by atoms with Gasteiger partial charge in [-0.15, -0.1) is 0 Å². The van der Waals surface area contributed by atoms with Gasteiger partial charge >= 0.3 is 5.97 Å². The summed E-state index contributed by atoms with van der Waals surface area (Å²) in [4.78, 5) is 11.0. The number of aromatic nitrogens is 1. The van der Waals surface area contributed by atoms with Gasteiger partial charge < -0.3 is 10.4 Å². The zero-order valence-electron chi connectivity index (χ0n) is 9.20. The van der Waals surface area contributed by atoms with E-state index in [1.807, 2.05) is 0 Å². The van der Waals surface area contributed by atoms with Gasteiger partial charge in [-0.3, -0.25) is 0 Å². The van der Waals surface area contributed by atoms with Crippen molar-refractivity contribution in [2.24, 2.45) is 0 Å². The van der Waals surface area contributed by atoms with Crippen molar-refractivity contribution in [3.63, 3.8) is 0 Å². The van der Waals surface area contributed by atoms with Crippen LogP contribution in [0.4, 0.5) is 19.5 Å². The van der Waals surface area contributed by atoms with Crippen LogP contribution in [-0.4, -0.2) is 15.4 Å².